The van der Waals surface area contributed by atoms with Gasteiger partial charge < -0.3 is 59.2 Å². The minimum Gasteiger partial charge on any atom is -0.508 e. The third-order valence-corrected chi connectivity index (χ3v) is 15.6. The predicted molar refractivity (Wildman–Crippen MR) is 312 cm³/mol. The van der Waals surface area contributed by atoms with Gasteiger partial charge in [0.15, 0.2) is 5.82 Å². The summed E-state index contributed by atoms with van der Waals surface area (Å²) >= 11 is 8.34. The summed E-state index contributed by atoms with van der Waals surface area (Å²) in [5.41, 5.74) is 4.69. The molecule has 438 valence electrons. The fourth-order valence-corrected chi connectivity index (χ4v) is 11.1. The van der Waals surface area contributed by atoms with Crippen LogP contribution >= 0.6 is 22.9 Å². The molecule has 6 aromatic rings. The quantitative estimate of drug-likeness (QED) is 0.0306. The number of fused-ring (bicyclic) bond motifs is 2. The molecule has 0 bridgehead atoms. The van der Waals surface area contributed by atoms with Crippen molar-refractivity contribution < 1.29 is 57.5 Å². The number of likely N-dealkylation sites (tertiary alicyclic amines) is 1. The number of nitrogens with one attached hydrogen (secondary N) is 2. The summed E-state index contributed by atoms with van der Waals surface area (Å²) in [5, 5.41) is 29.0. The molecule has 82 heavy (non-hydrogen) atoms. The van der Waals surface area contributed by atoms with Crippen LogP contribution in [0.5, 0.6) is 5.75 Å². The Hall–Kier alpha value is -6.69. The molecule has 2 fully saturated rings. The summed E-state index contributed by atoms with van der Waals surface area (Å²) in [4.78, 5) is 73.0. The Morgan fingerprint density at radius 3 is 2.16 bits per heavy atom. The fraction of sp³-hybridized carbons (Fsp3) is 0.450. The van der Waals surface area contributed by atoms with E-state index >= 15 is 4.39 Å². The lowest BCUT2D eigenvalue weighted by atomic mass is 9.85. The zero-order valence-corrected chi connectivity index (χ0v) is 48.5. The van der Waals surface area contributed by atoms with Crippen molar-refractivity contribution in [2.45, 2.75) is 71.7 Å². The van der Waals surface area contributed by atoms with Crippen LogP contribution in [0.3, 0.4) is 0 Å². The van der Waals surface area contributed by atoms with Crippen LogP contribution in [-0.2, 0) is 42.9 Å². The zero-order chi connectivity index (χ0) is 58.3. The van der Waals surface area contributed by atoms with Crippen LogP contribution < -0.4 is 15.5 Å². The van der Waals surface area contributed by atoms with Crippen molar-refractivity contribution >= 4 is 74.1 Å². The molecule has 19 nitrogen and oxygen atoms in total. The van der Waals surface area contributed by atoms with E-state index in [2.05, 4.69) is 25.6 Å². The predicted octanol–water partition coefficient (Wildman–Crippen LogP) is 7.43. The van der Waals surface area contributed by atoms with Gasteiger partial charge in [0.25, 0.3) is 0 Å². The van der Waals surface area contributed by atoms with E-state index in [1.807, 2.05) is 93.6 Å². The summed E-state index contributed by atoms with van der Waals surface area (Å²) in [5.74, 6) is -1.54. The number of hydrogen-bond donors (Lipinski definition) is 4. The van der Waals surface area contributed by atoms with Crippen molar-refractivity contribution in [1.29, 1.82) is 0 Å². The minimum absolute atomic E-state index is 0.00456. The number of piperazine rings is 1. The Kier molecular flexibility index (Phi) is 21.7. The number of anilines is 1. The van der Waals surface area contributed by atoms with Crippen LogP contribution in [0.25, 0.3) is 43.2 Å². The number of rotatable bonds is 26. The number of hydrogen-bond acceptors (Lipinski definition) is 16. The second kappa shape index (κ2) is 29.0. The van der Waals surface area contributed by atoms with Crippen LogP contribution in [0.1, 0.15) is 57.8 Å². The Morgan fingerprint density at radius 2 is 1.50 bits per heavy atom. The highest BCUT2D eigenvalue weighted by atomic mass is 35.5. The number of ether oxygens (including phenoxy) is 5. The van der Waals surface area contributed by atoms with Gasteiger partial charge in [-0.3, -0.25) is 19.2 Å². The number of aromatic nitrogens is 3. The molecule has 2 aliphatic heterocycles. The van der Waals surface area contributed by atoms with E-state index in [9.17, 15) is 29.4 Å². The first-order valence-corrected chi connectivity index (χ1v) is 28.8. The summed E-state index contributed by atoms with van der Waals surface area (Å²) in [6.07, 6.45) is 4.40. The zero-order valence-electron chi connectivity index (χ0n) is 46.9. The van der Waals surface area contributed by atoms with Crippen molar-refractivity contribution in [3.8, 4) is 27.3 Å². The number of aliphatic hydroxyl groups is 1. The molecule has 4 heterocycles. The number of aromatic hydroxyl groups is 1. The first kappa shape index (κ1) is 61.4. The van der Waals surface area contributed by atoms with Crippen LogP contribution in [-0.4, -0.2) is 176 Å². The fourth-order valence-electron chi connectivity index (χ4n) is 9.96. The van der Waals surface area contributed by atoms with Crippen LogP contribution in [0.15, 0.2) is 90.7 Å². The van der Waals surface area contributed by atoms with Crippen LogP contribution in [0.4, 0.5) is 10.2 Å². The number of nitrogens with zero attached hydrogens (tertiary/aromatic N) is 6. The highest BCUT2D eigenvalue weighted by Gasteiger charge is 2.45. The molecule has 4 aromatic carbocycles. The van der Waals surface area contributed by atoms with Crippen molar-refractivity contribution in [1.82, 2.24) is 35.4 Å². The molecule has 2 aliphatic rings. The summed E-state index contributed by atoms with van der Waals surface area (Å²) < 4.78 is 44.2. The largest absolute Gasteiger partial charge is 0.508 e. The third kappa shape index (κ3) is 15.9. The van der Waals surface area contributed by atoms with E-state index in [0.29, 0.717) is 95.6 Å². The van der Waals surface area contributed by atoms with Gasteiger partial charge in [-0.2, -0.15) is 0 Å². The van der Waals surface area contributed by atoms with Crippen molar-refractivity contribution in [2.75, 3.05) is 104 Å². The van der Waals surface area contributed by atoms with Gasteiger partial charge >= 0.3 is 0 Å². The molecule has 0 saturated carbocycles. The molecule has 4 amide bonds. The molecule has 2 aromatic heterocycles. The van der Waals surface area contributed by atoms with E-state index < -0.39 is 41.2 Å². The lowest BCUT2D eigenvalue weighted by Crippen LogP contribution is -2.58. The average Bonchev–Trinajstić information content (AvgIpc) is 2.68. The Balaban J connectivity index is 0.640. The minimum atomic E-state index is -0.986. The van der Waals surface area contributed by atoms with E-state index in [0.717, 1.165) is 32.5 Å². The summed E-state index contributed by atoms with van der Waals surface area (Å²) in [6.45, 7) is 13.7. The van der Waals surface area contributed by atoms with Crippen LogP contribution in [0, 0.1) is 18.2 Å². The van der Waals surface area contributed by atoms with E-state index in [-0.39, 0.29) is 72.5 Å². The lowest BCUT2D eigenvalue weighted by molar-refractivity contribution is -0.144. The van der Waals surface area contributed by atoms with Gasteiger partial charge in [-0.15, -0.1) is 11.3 Å². The van der Waals surface area contributed by atoms with Gasteiger partial charge in [-0.05, 0) is 77.4 Å². The maximum Gasteiger partial charge on any atom is 0.246 e. The lowest BCUT2D eigenvalue weighted by Gasteiger charge is -2.35. The van der Waals surface area contributed by atoms with Crippen molar-refractivity contribution in [3.05, 3.63) is 113 Å². The number of amides is 4. The van der Waals surface area contributed by atoms with E-state index in [1.165, 1.54) is 17.3 Å². The van der Waals surface area contributed by atoms with E-state index in [1.54, 1.807) is 40.5 Å². The number of carbonyl (C=O) groups is 4. The monoisotopic (exact) mass is 1170 g/mol. The SMILES string of the molecule is Cc1ncsc1-c1ccc([C@H](C)NC(=O)[C@@H]2C[C@@H](O)CN2C(=O)[C@@H](NC(=O)COCCOCCOCCOCCOCC/C=C/C(=O)N2CCN(c3ncnc4c(F)c(-c5cc(O)cc6ccccc56)c(Cl)cc34)CC2)C(C)(C)C)cc1. The normalized spacial score (nSPS) is 16.6. The number of carbonyl (C=O) groups excluding carboxylic acids is 4. The maximum absolute atomic E-state index is 16.3. The molecule has 22 heteroatoms. The van der Waals surface area contributed by atoms with Crippen LogP contribution in [0.2, 0.25) is 5.02 Å². The molecular formula is C60H72ClFN8O11S. The third-order valence-electron chi connectivity index (χ3n) is 14.3. The molecule has 0 radical (unpaired) electrons. The van der Waals surface area contributed by atoms with Gasteiger partial charge in [-0.25, -0.2) is 19.3 Å². The van der Waals surface area contributed by atoms with Crippen molar-refractivity contribution in [2.24, 2.45) is 5.41 Å². The molecular weight excluding hydrogens is 1100 g/mol. The second-order valence-electron chi connectivity index (χ2n) is 21.2. The number of aryl methyl sites for hydroxylation is 1. The standard InChI is InChI=1S/C60H72ClFN8O11S/c1-38(40-13-15-41(16-14-40)55-39(2)65-37-82-55)66-58(75)49-32-44(72)34-70(49)59(76)56(60(3,4)5)67-50(73)35-81-29-28-80-27-26-79-25-24-78-23-22-77-21-9-8-12-51(74)68-17-19-69(20-18-68)57-47-33-48(61)52(53(62)54(47)63-36-64-57)46-31-43(71)30-42-10-6-7-11-45(42)46/h6-8,10-16,30-31,33,36-38,44,49,56,71-72H,9,17-29,32,34-35H2,1-5H3,(H,66,75)(H,67,73)/b12-8+/t38-,44+,49-,56+/m0/s1. The molecule has 4 N–H and O–H groups in total. The van der Waals surface area contributed by atoms with Gasteiger partial charge in [0.05, 0.1) is 92.7 Å². The Bertz CT molecular complexity index is 3190. The van der Waals surface area contributed by atoms with Gasteiger partial charge in [0.2, 0.25) is 23.6 Å². The number of halogens is 2. The Morgan fingerprint density at radius 1 is 0.841 bits per heavy atom. The molecule has 2 saturated heterocycles. The van der Waals surface area contributed by atoms with E-state index in [4.69, 9.17) is 35.3 Å². The van der Waals surface area contributed by atoms with Gasteiger partial charge in [0, 0.05) is 50.1 Å². The second-order valence-corrected chi connectivity index (χ2v) is 22.5. The first-order chi connectivity index (χ1) is 39.5. The number of benzene rings is 4. The molecule has 4 atom stereocenters. The number of aliphatic hydroxyl groups excluding tert-OH is 1. The maximum atomic E-state index is 16.3. The highest BCUT2D eigenvalue weighted by molar-refractivity contribution is 7.13. The molecule has 0 spiro atoms. The molecule has 0 aliphatic carbocycles. The molecule has 8 rings (SSSR count). The average molecular weight is 1170 g/mol. The first-order valence-electron chi connectivity index (χ1n) is 27.5. The smallest absolute Gasteiger partial charge is 0.246 e. The number of phenols is 1. The number of thiazole rings is 1. The topological polar surface area (TPSA) is 227 Å². The van der Waals surface area contributed by atoms with Crippen molar-refractivity contribution in [3.63, 3.8) is 0 Å². The summed E-state index contributed by atoms with van der Waals surface area (Å²) in [7, 11) is 0. The van der Waals surface area contributed by atoms with Gasteiger partial charge in [-0.1, -0.05) is 87.0 Å². The number of phenolic OH excluding ortho intramolecular Hbond substituents is 1. The molecule has 0 unspecified atom stereocenters. The van der Waals surface area contributed by atoms with Gasteiger partial charge in [0.1, 0.15) is 42.1 Å². The summed E-state index contributed by atoms with van der Waals surface area (Å²) in [6, 6.07) is 17.8. The Labute approximate surface area is 485 Å². The highest BCUT2D eigenvalue weighted by Crippen LogP contribution is 2.42. The number of β-amino-alcohol motifs (C(OH)–C–C–N with tert-alkyl or cyclic N) is 1.